The average molecular weight is 281 g/mol. The molecule has 0 spiro atoms. The summed E-state index contributed by atoms with van der Waals surface area (Å²) in [4.78, 5) is 22.8. The molecule has 0 saturated carbocycles. The van der Waals surface area contributed by atoms with Crippen LogP contribution in [0.5, 0.6) is 0 Å². The summed E-state index contributed by atoms with van der Waals surface area (Å²) in [6, 6.07) is 3.53. The zero-order chi connectivity index (χ0) is 15.3. The second-order valence-electron chi connectivity index (χ2n) is 5.10. The Bertz CT molecular complexity index is 500. The summed E-state index contributed by atoms with van der Waals surface area (Å²) in [6.45, 7) is 5.30. The predicted octanol–water partition coefficient (Wildman–Crippen LogP) is 3.03. The highest BCUT2D eigenvalue weighted by molar-refractivity contribution is 5.94. The van der Waals surface area contributed by atoms with Gasteiger partial charge in [-0.3, -0.25) is 4.79 Å². The molecule has 0 aromatic heterocycles. The number of benzene rings is 1. The van der Waals surface area contributed by atoms with Gasteiger partial charge in [-0.05, 0) is 37.5 Å². The van der Waals surface area contributed by atoms with Crippen LogP contribution >= 0.6 is 0 Å². The summed E-state index contributed by atoms with van der Waals surface area (Å²) in [5, 5.41) is 2.83. The van der Waals surface area contributed by atoms with Crippen LogP contribution in [0.25, 0.3) is 0 Å². The van der Waals surface area contributed by atoms with Gasteiger partial charge in [0.25, 0.3) is 0 Å². The monoisotopic (exact) mass is 281 g/mol. The lowest BCUT2D eigenvalue weighted by Gasteiger charge is -2.19. The molecule has 0 bridgehead atoms. The van der Waals surface area contributed by atoms with E-state index in [1.54, 1.807) is 0 Å². The number of anilines is 1. The number of rotatable bonds is 6. The van der Waals surface area contributed by atoms with Crippen LogP contribution in [-0.2, 0) is 9.53 Å². The van der Waals surface area contributed by atoms with Gasteiger partial charge < -0.3 is 10.1 Å². The third kappa shape index (κ3) is 4.33. The predicted molar refractivity (Wildman–Crippen MR) is 75.3 cm³/mol. The van der Waals surface area contributed by atoms with Gasteiger partial charge in [-0.25, -0.2) is 9.18 Å². The van der Waals surface area contributed by atoms with Gasteiger partial charge in [-0.15, -0.1) is 0 Å². The molecular weight excluding hydrogens is 261 g/mol. The van der Waals surface area contributed by atoms with E-state index in [2.05, 4.69) is 5.32 Å². The van der Waals surface area contributed by atoms with E-state index in [1.807, 2.05) is 13.8 Å². The standard InChI is InChI=1S/C15H20FNO3/c1-9(2)7-14(15(19)20-4)17-13-6-5-11(10(3)18)8-12(13)16/h5-6,8-9,14,17H,7H2,1-4H3. The molecule has 1 rings (SSSR count). The van der Waals surface area contributed by atoms with Gasteiger partial charge in [0, 0.05) is 5.56 Å². The number of nitrogens with one attached hydrogen (secondary N) is 1. The van der Waals surface area contributed by atoms with Gasteiger partial charge in [0.1, 0.15) is 11.9 Å². The van der Waals surface area contributed by atoms with Gasteiger partial charge in [0.05, 0.1) is 12.8 Å². The highest BCUT2D eigenvalue weighted by atomic mass is 19.1. The molecule has 20 heavy (non-hydrogen) atoms. The minimum atomic E-state index is -0.613. The van der Waals surface area contributed by atoms with Crippen molar-refractivity contribution in [1.82, 2.24) is 0 Å². The first kappa shape index (κ1) is 16.1. The van der Waals surface area contributed by atoms with Crippen LogP contribution in [0.15, 0.2) is 18.2 Å². The van der Waals surface area contributed by atoms with Gasteiger partial charge in [0.15, 0.2) is 5.78 Å². The molecule has 1 N–H and O–H groups in total. The third-order valence-electron chi connectivity index (χ3n) is 2.90. The first-order chi connectivity index (χ1) is 9.35. The van der Waals surface area contributed by atoms with Gasteiger partial charge in [-0.1, -0.05) is 13.8 Å². The lowest BCUT2D eigenvalue weighted by atomic mass is 10.0. The fourth-order valence-corrected chi connectivity index (χ4v) is 1.87. The molecule has 0 aliphatic heterocycles. The Balaban J connectivity index is 2.93. The normalized spacial score (nSPS) is 12.1. The summed E-state index contributed by atoms with van der Waals surface area (Å²) >= 11 is 0. The summed E-state index contributed by atoms with van der Waals surface area (Å²) < 4.78 is 18.6. The average Bonchev–Trinajstić information content (AvgIpc) is 2.38. The first-order valence-corrected chi connectivity index (χ1v) is 6.50. The van der Waals surface area contributed by atoms with Crippen molar-refractivity contribution in [2.45, 2.75) is 33.2 Å². The maximum atomic E-state index is 13.9. The number of ketones is 1. The first-order valence-electron chi connectivity index (χ1n) is 6.50. The van der Waals surface area contributed by atoms with E-state index in [9.17, 15) is 14.0 Å². The zero-order valence-corrected chi connectivity index (χ0v) is 12.2. The topological polar surface area (TPSA) is 55.4 Å². The molecule has 1 unspecified atom stereocenters. The largest absolute Gasteiger partial charge is 0.467 e. The quantitative estimate of drug-likeness (QED) is 0.643. The Kier molecular flexibility index (Phi) is 5.67. The van der Waals surface area contributed by atoms with E-state index >= 15 is 0 Å². The van der Waals surface area contributed by atoms with Crippen LogP contribution in [0, 0.1) is 11.7 Å². The summed E-state index contributed by atoms with van der Waals surface area (Å²) in [7, 11) is 1.30. The van der Waals surface area contributed by atoms with E-state index in [-0.39, 0.29) is 17.4 Å². The van der Waals surface area contributed by atoms with Crippen molar-refractivity contribution >= 4 is 17.4 Å². The van der Waals surface area contributed by atoms with Crippen molar-refractivity contribution in [3.63, 3.8) is 0 Å². The second-order valence-corrected chi connectivity index (χ2v) is 5.10. The maximum absolute atomic E-state index is 13.9. The van der Waals surface area contributed by atoms with E-state index < -0.39 is 17.8 Å². The molecule has 110 valence electrons. The number of esters is 1. The summed E-state index contributed by atoms with van der Waals surface area (Å²) in [5.41, 5.74) is 0.484. The number of ether oxygens (including phenoxy) is 1. The molecule has 4 nitrogen and oxygen atoms in total. The number of halogens is 1. The van der Waals surface area contributed by atoms with E-state index in [1.165, 1.54) is 26.2 Å². The van der Waals surface area contributed by atoms with Crippen molar-refractivity contribution in [3.05, 3.63) is 29.6 Å². The van der Waals surface area contributed by atoms with Crippen LogP contribution in [0.1, 0.15) is 37.6 Å². The minimum absolute atomic E-state index is 0.186. The number of hydrogen-bond donors (Lipinski definition) is 1. The molecular formula is C15H20FNO3. The SMILES string of the molecule is COC(=O)C(CC(C)C)Nc1ccc(C(C)=O)cc1F. The number of Topliss-reactive ketones (excluding diaryl/α,β-unsaturated/α-hetero) is 1. The lowest BCUT2D eigenvalue weighted by molar-refractivity contribution is -0.141. The van der Waals surface area contributed by atoms with Crippen molar-refractivity contribution < 1.29 is 18.7 Å². The molecule has 1 atom stereocenters. The molecule has 0 fully saturated rings. The lowest BCUT2D eigenvalue weighted by Crippen LogP contribution is -2.32. The highest BCUT2D eigenvalue weighted by Gasteiger charge is 2.21. The smallest absolute Gasteiger partial charge is 0.328 e. The Morgan fingerprint density at radius 2 is 2.00 bits per heavy atom. The summed E-state index contributed by atoms with van der Waals surface area (Å²) in [6.07, 6.45) is 0.528. The Labute approximate surface area is 118 Å². The third-order valence-corrected chi connectivity index (χ3v) is 2.90. The van der Waals surface area contributed by atoms with E-state index in [4.69, 9.17) is 4.74 Å². The van der Waals surface area contributed by atoms with Crippen LogP contribution in [0.4, 0.5) is 10.1 Å². The molecule has 0 aliphatic carbocycles. The number of methoxy groups -OCH3 is 1. The Morgan fingerprint density at radius 1 is 1.35 bits per heavy atom. The molecule has 0 radical (unpaired) electrons. The van der Waals surface area contributed by atoms with Crippen molar-refractivity contribution in [2.24, 2.45) is 5.92 Å². The van der Waals surface area contributed by atoms with E-state index in [0.29, 0.717) is 12.0 Å². The van der Waals surface area contributed by atoms with Crippen LogP contribution in [-0.4, -0.2) is 24.9 Å². The molecule has 5 heteroatoms. The molecule has 1 aromatic carbocycles. The summed E-state index contributed by atoms with van der Waals surface area (Å²) in [5.74, 6) is -0.947. The fraction of sp³-hybridized carbons (Fsp3) is 0.467. The molecule has 0 amide bonds. The van der Waals surface area contributed by atoms with E-state index in [0.717, 1.165) is 6.07 Å². The van der Waals surface area contributed by atoms with Gasteiger partial charge >= 0.3 is 5.97 Å². The highest BCUT2D eigenvalue weighted by Crippen LogP contribution is 2.19. The zero-order valence-electron chi connectivity index (χ0n) is 12.2. The minimum Gasteiger partial charge on any atom is -0.467 e. The van der Waals surface area contributed by atoms with Gasteiger partial charge in [0.2, 0.25) is 0 Å². The molecule has 0 aliphatic rings. The molecule has 0 heterocycles. The molecule has 0 saturated heterocycles. The van der Waals surface area contributed by atoms with Crippen molar-refractivity contribution in [2.75, 3.05) is 12.4 Å². The van der Waals surface area contributed by atoms with Crippen LogP contribution in [0.2, 0.25) is 0 Å². The van der Waals surface area contributed by atoms with Crippen molar-refractivity contribution in [3.8, 4) is 0 Å². The number of hydrogen-bond acceptors (Lipinski definition) is 4. The second kappa shape index (κ2) is 7.03. The fourth-order valence-electron chi connectivity index (χ4n) is 1.87. The molecule has 1 aromatic rings. The van der Waals surface area contributed by atoms with Crippen LogP contribution < -0.4 is 5.32 Å². The van der Waals surface area contributed by atoms with Crippen LogP contribution in [0.3, 0.4) is 0 Å². The van der Waals surface area contributed by atoms with Gasteiger partial charge in [-0.2, -0.15) is 0 Å². The number of carbonyl (C=O) groups excluding carboxylic acids is 2. The Hall–Kier alpha value is -1.91. The Morgan fingerprint density at radius 3 is 2.45 bits per heavy atom. The number of carbonyl (C=O) groups is 2. The maximum Gasteiger partial charge on any atom is 0.328 e. The van der Waals surface area contributed by atoms with Crippen molar-refractivity contribution in [1.29, 1.82) is 0 Å².